The highest BCUT2D eigenvalue weighted by Crippen LogP contribution is 2.22. The fraction of sp³-hybridized carbons (Fsp3) is 0.188. The van der Waals surface area contributed by atoms with Crippen molar-refractivity contribution in [1.82, 2.24) is 5.32 Å². The number of halogens is 1. The van der Waals surface area contributed by atoms with Gasteiger partial charge in [-0.15, -0.1) is 0 Å². The molecule has 0 fully saturated rings. The van der Waals surface area contributed by atoms with Crippen LogP contribution in [0.2, 0.25) is 0 Å². The molecule has 120 valence electrons. The predicted octanol–water partition coefficient (Wildman–Crippen LogP) is 2.99. The van der Waals surface area contributed by atoms with Gasteiger partial charge in [0.2, 0.25) is 0 Å². The normalized spacial score (nSPS) is 14.7. The first-order chi connectivity index (χ1) is 11.1. The topological polar surface area (TPSA) is 70.6 Å². The minimum absolute atomic E-state index is 0.217. The number of hydrogen-bond acceptors (Lipinski definition) is 4. The van der Waals surface area contributed by atoms with E-state index < -0.39 is 10.0 Å². The van der Waals surface area contributed by atoms with Crippen molar-refractivity contribution >= 4 is 37.5 Å². The molecule has 2 N–H and O–H groups in total. The van der Waals surface area contributed by atoms with E-state index in [2.05, 4.69) is 31.0 Å². The quantitative estimate of drug-likeness (QED) is 0.838. The zero-order valence-corrected chi connectivity index (χ0v) is 14.7. The molecule has 0 amide bonds. The van der Waals surface area contributed by atoms with Gasteiger partial charge in [0.25, 0.3) is 10.0 Å². The summed E-state index contributed by atoms with van der Waals surface area (Å²) in [4.78, 5) is 4.66. The van der Waals surface area contributed by atoms with Crippen molar-refractivity contribution in [3.8, 4) is 0 Å². The maximum Gasteiger partial charge on any atom is 0.261 e. The Kier molecular flexibility index (Phi) is 4.68. The zero-order chi connectivity index (χ0) is 16.3. The summed E-state index contributed by atoms with van der Waals surface area (Å²) >= 11 is 3.30. The van der Waals surface area contributed by atoms with Gasteiger partial charge in [-0.05, 0) is 42.8 Å². The van der Waals surface area contributed by atoms with Crippen molar-refractivity contribution in [3.05, 3.63) is 58.6 Å². The first-order valence-corrected chi connectivity index (χ1v) is 9.50. The van der Waals surface area contributed by atoms with Gasteiger partial charge < -0.3 is 5.32 Å². The Hall–Kier alpha value is -1.86. The molecule has 0 spiro atoms. The third-order valence-electron chi connectivity index (χ3n) is 3.45. The number of sulfonamides is 1. The van der Waals surface area contributed by atoms with Crippen LogP contribution >= 0.6 is 15.9 Å². The molecule has 1 heterocycles. The van der Waals surface area contributed by atoms with Crippen LogP contribution in [0.15, 0.2) is 62.9 Å². The molecule has 23 heavy (non-hydrogen) atoms. The molecule has 7 heteroatoms. The monoisotopic (exact) mass is 393 g/mol. The van der Waals surface area contributed by atoms with Gasteiger partial charge in [-0.25, -0.2) is 8.42 Å². The molecule has 1 aliphatic rings. The maximum atomic E-state index is 12.6. The highest BCUT2D eigenvalue weighted by atomic mass is 79.9. The molecule has 0 atom stereocenters. The first-order valence-electron chi connectivity index (χ1n) is 7.22. The molecule has 0 saturated carbocycles. The van der Waals surface area contributed by atoms with Gasteiger partial charge in [0.1, 0.15) is 5.84 Å². The summed E-state index contributed by atoms with van der Waals surface area (Å²) in [5, 5.41) is 3.22. The number of nitrogens with zero attached hydrogens (tertiary/aromatic N) is 1. The molecule has 0 radical (unpaired) electrons. The number of anilines is 1. The number of amidine groups is 1. The first kappa shape index (κ1) is 16.0. The van der Waals surface area contributed by atoms with E-state index in [1.54, 1.807) is 36.4 Å². The summed E-state index contributed by atoms with van der Waals surface area (Å²) < 4.78 is 28.6. The molecule has 2 aromatic rings. The average Bonchev–Trinajstić information content (AvgIpc) is 2.56. The van der Waals surface area contributed by atoms with Gasteiger partial charge in [0, 0.05) is 23.1 Å². The summed E-state index contributed by atoms with van der Waals surface area (Å²) in [6, 6.07) is 13.8. The van der Waals surface area contributed by atoms with Crippen LogP contribution in [0.4, 0.5) is 5.69 Å². The van der Waals surface area contributed by atoms with Gasteiger partial charge in [0.15, 0.2) is 0 Å². The lowest BCUT2D eigenvalue weighted by Gasteiger charge is -2.18. The largest absolute Gasteiger partial charge is 0.370 e. The van der Waals surface area contributed by atoms with E-state index in [9.17, 15) is 8.42 Å². The summed E-state index contributed by atoms with van der Waals surface area (Å²) in [6.45, 7) is 1.59. The van der Waals surface area contributed by atoms with Crippen molar-refractivity contribution in [1.29, 1.82) is 0 Å². The van der Waals surface area contributed by atoms with Gasteiger partial charge in [-0.1, -0.05) is 28.1 Å². The Balaban J connectivity index is 1.93. The number of benzene rings is 2. The Morgan fingerprint density at radius 1 is 1.09 bits per heavy atom. The second-order valence-corrected chi connectivity index (χ2v) is 7.71. The zero-order valence-electron chi connectivity index (χ0n) is 12.3. The van der Waals surface area contributed by atoms with Gasteiger partial charge in [0.05, 0.1) is 10.6 Å². The third kappa shape index (κ3) is 3.73. The van der Waals surface area contributed by atoms with Crippen LogP contribution in [0.3, 0.4) is 0 Å². The molecule has 0 aliphatic carbocycles. The number of para-hydroxylation sites is 1. The van der Waals surface area contributed by atoms with E-state index in [-0.39, 0.29) is 4.90 Å². The molecule has 0 saturated heterocycles. The number of aliphatic imine (C=N–C) groups is 1. The van der Waals surface area contributed by atoms with Crippen LogP contribution < -0.4 is 10.0 Å². The highest BCUT2D eigenvalue weighted by molar-refractivity contribution is 9.10. The fourth-order valence-electron chi connectivity index (χ4n) is 2.31. The van der Waals surface area contributed by atoms with Crippen LogP contribution in [-0.2, 0) is 10.0 Å². The predicted molar refractivity (Wildman–Crippen MR) is 95.4 cm³/mol. The summed E-state index contributed by atoms with van der Waals surface area (Å²) in [7, 11) is -3.64. The molecular weight excluding hydrogens is 378 g/mol. The van der Waals surface area contributed by atoms with E-state index in [0.29, 0.717) is 5.69 Å². The van der Waals surface area contributed by atoms with Crippen LogP contribution in [0.5, 0.6) is 0 Å². The highest BCUT2D eigenvalue weighted by Gasteiger charge is 2.18. The molecule has 0 aromatic heterocycles. The van der Waals surface area contributed by atoms with Crippen molar-refractivity contribution in [2.45, 2.75) is 11.3 Å². The number of hydrogen-bond donors (Lipinski definition) is 2. The molecule has 3 rings (SSSR count). The van der Waals surface area contributed by atoms with Crippen LogP contribution in [0.1, 0.15) is 12.0 Å². The van der Waals surface area contributed by atoms with Gasteiger partial charge in [-0.3, -0.25) is 9.71 Å². The Morgan fingerprint density at radius 2 is 1.83 bits per heavy atom. The molecular formula is C16H16BrN3O2S. The standard InChI is InChI=1S/C16H16BrN3O2S/c17-12-6-8-13(9-7-12)23(21,22)20-15-5-2-1-4-14(15)16-18-10-3-11-19-16/h1-2,4-9,20H,3,10-11H2,(H,18,19). The van der Waals surface area contributed by atoms with Crippen LogP contribution in [0, 0.1) is 0 Å². The van der Waals surface area contributed by atoms with E-state index in [1.807, 2.05) is 12.1 Å². The van der Waals surface area contributed by atoms with E-state index in [4.69, 9.17) is 0 Å². The third-order valence-corrected chi connectivity index (χ3v) is 5.36. The lowest BCUT2D eigenvalue weighted by molar-refractivity contribution is 0.601. The smallest absolute Gasteiger partial charge is 0.261 e. The molecule has 1 aliphatic heterocycles. The average molecular weight is 394 g/mol. The molecule has 5 nitrogen and oxygen atoms in total. The lowest BCUT2D eigenvalue weighted by Crippen LogP contribution is -2.31. The second-order valence-electron chi connectivity index (χ2n) is 5.12. The minimum atomic E-state index is -3.64. The Labute approximate surface area is 144 Å². The molecule has 0 bridgehead atoms. The fourth-order valence-corrected chi connectivity index (χ4v) is 3.65. The van der Waals surface area contributed by atoms with Gasteiger partial charge in [-0.2, -0.15) is 0 Å². The van der Waals surface area contributed by atoms with Crippen molar-refractivity contribution in [2.75, 3.05) is 17.8 Å². The summed E-state index contributed by atoms with van der Waals surface area (Å²) in [6.07, 6.45) is 0.982. The lowest BCUT2D eigenvalue weighted by atomic mass is 10.1. The SMILES string of the molecule is O=S(=O)(Nc1ccccc1C1=NCCCN1)c1ccc(Br)cc1. The Morgan fingerprint density at radius 3 is 2.52 bits per heavy atom. The van der Waals surface area contributed by atoms with Crippen molar-refractivity contribution in [3.63, 3.8) is 0 Å². The Bertz CT molecular complexity index is 833. The summed E-state index contributed by atoms with van der Waals surface area (Å²) in [5.41, 5.74) is 1.27. The van der Waals surface area contributed by atoms with E-state index in [0.717, 1.165) is 35.4 Å². The number of rotatable bonds is 4. The molecule has 2 aromatic carbocycles. The van der Waals surface area contributed by atoms with Crippen molar-refractivity contribution in [2.24, 2.45) is 4.99 Å². The van der Waals surface area contributed by atoms with Gasteiger partial charge >= 0.3 is 0 Å². The van der Waals surface area contributed by atoms with Crippen LogP contribution in [0.25, 0.3) is 0 Å². The maximum absolute atomic E-state index is 12.6. The summed E-state index contributed by atoms with van der Waals surface area (Å²) in [5.74, 6) is 0.727. The second kappa shape index (κ2) is 6.72. The van der Waals surface area contributed by atoms with Crippen molar-refractivity contribution < 1.29 is 8.42 Å². The van der Waals surface area contributed by atoms with E-state index in [1.165, 1.54) is 0 Å². The minimum Gasteiger partial charge on any atom is -0.370 e. The van der Waals surface area contributed by atoms with E-state index >= 15 is 0 Å². The number of nitrogens with one attached hydrogen (secondary N) is 2. The van der Waals surface area contributed by atoms with Crippen LogP contribution in [-0.4, -0.2) is 27.3 Å². The molecule has 0 unspecified atom stereocenters.